The molecule has 2 rings (SSSR count). The third-order valence-corrected chi connectivity index (χ3v) is 2.79. The summed E-state index contributed by atoms with van der Waals surface area (Å²) in [5, 5.41) is 12.2. The first-order valence-corrected chi connectivity index (χ1v) is 5.26. The fourth-order valence-electron chi connectivity index (χ4n) is 1.99. The molecule has 0 amide bonds. The van der Waals surface area contributed by atoms with Crippen LogP contribution in [-0.2, 0) is 6.42 Å². The van der Waals surface area contributed by atoms with Crippen molar-refractivity contribution in [1.29, 1.82) is 0 Å². The number of anilines is 1. The highest BCUT2D eigenvalue weighted by Crippen LogP contribution is 2.25. The van der Waals surface area contributed by atoms with Gasteiger partial charge in [0.1, 0.15) is 0 Å². The molecule has 1 aromatic carbocycles. The lowest BCUT2D eigenvalue weighted by molar-refractivity contribution is 0.279. The van der Waals surface area contributed by atoms with E-state index in [0.29, 0.717) is 12.6 Å². The maximum absolute atomic E-state index is 8.76. The third kappa shape index (κ3) is 2.07. The van der Waals surface area contributed by atoms with Gasteiger partial charge in [0.2, 0.25) is 0 Å². The molecule has 75 valence electrons. The number of benzene rings is 1. The van der Waals surface area contributed by atoms with Crippen LogP contribution in [0.1, 0.15) is 24.8 Å². The van der Waals surface area contributed by atoms with Crippen molar-refractivity contribution in [3.05, 3.63) is 29.8 Å². The zero-order chi connectivity index (χ0) is 9.80. The quantitative estimate of drug-likeness (QED) is 0.764. The number of aryl methyl sites for hydroxylation is 1. The Morgan fingerprint density at radius 1 is 1.57 bits per heavy atom. The van der Waals surface area contributed by atoms with Gasteiger partial charge in [0.05, 0.1) is 0 Å². The van der Waals surface area contributed by atoms with Crippen LogP contribution in [0.25, 0.3) is 0 Å². The maximum atomic E-state index is 8.76. The average molecular weight is 190 g/mol. The highest BCUT2D eigenvalue weighted by Gasteiger charge is 2.16. The van der Waals surface area contributed by atoms with E-state index < -0.39 is 0 Å². The minimum Gasteiger partial charge on any atom is -0.396 e. The van der Waals surface area contributed by atoms with Crippen LogP contribution in [-0.4, -0.2) is 17.8 Å². The van der Waals surface area contributed by atoms with Crippen LogP contribution in [0, 0.1) is 6.07 Å². The fourth-order valence-corrected chi connectivity index (χ4v) is 1.99. The van der Waals surface area contributed by atoms with Crippen LogP contribution in [0.4, 0.5) is 5.69 Å². The highest BCUT2D eigenvalue weighted by molar-refractivity contribution is 5.53. The van der Waals surface area contributed by atoms with Gasteiger partial charge in [-0.05, 0) is 43.4 Å². The Labute approximate surface area is 85.0 Å². The Kier molecular flexibility index (Phi) is 3.04. The summed E-state index contributed by atoms with van der Waals surface area (Å²) in [5.74, 6) is 0. The van der Waals surface area contributed by atoms with Gasteiger partial charge in [-0.15, -0.1) is 0 Å². The van der Waals surface area contributed by atoms with E-state index in [4.69, 9.17) is 5.11 Å². The van der Waals surface area contributed by atoms with Gasteiger partial charge < -0.3 is 10.4 Å². The average Bonchev–Trinajstić information content (AvgIpc) is 2.26. The molecule has 0 aliphatic carbocycles. The van der Waals surface area contributed by atoms with Gasteiger partial charge in [-0.1, -0.05) is 12.1 Å². The zero-order valence-corrected chi connectivity index (χ0v) is 8.29. The molecule has 1 heterocycles. The fraction of sp³-hybridized carbons (Fsp3) is 0.500. The number of hydrogen-bond acceptors (Lipinski definition) is 2. The molecule has 0 spiro atoms. The van der Waals surface area contributed by atoms with Crippen molar-refractivity contribution in [2.45, 2.75) is 31.7 Å². The van der Waals surface area contributed by atoms with Crippen LogP contribution >= 0.6 is 0 Å². The maximum Gasteiger partial charge on any atom is 0.0431 e. The Morgan fingerprint density at radius 2 is 2.50 bits per heavy atom. The molecule has 1 aliphatic heterocycles. The first-order chi connectivity index (χ1) is 6.90. The molecule has 0 saturated heterocycles. The lowest BCUT2D eigenvalue weighted by atomic mass is 9.95. The van der Waals surface area contributed by atoms with E-state index in [1.165, 1.54) is 17.7 Å². The van der Waals surface area contributed by atoms with E-state index in [9.17, 15) is 0 Å². The molecule has 14 heavy (non-hydrogen) atoms. The summed E-state index contributed by atoms with van der Waals surface area (Å²) in [7, 11) is 0. The second-order valence-electron chi connectivity index (χ2n) is 3.83. The largest absolute Gasteiger partial charge is 0.396 e. The van der Waals surface area contributed by atoms with Gasteiger partial charge in [-0.2, -0.15) is 0 Å². The first-order valence-electron chi connectivity index (χ1n) is 5.26. The zero-order valence-electron chi connectivity index (χ0n) is 8.29. The van der Waals surface area contributed by atoms with E-state index in [2.05, 4.69) is 17.4 Å². The highest BCUT2D eigenvalue weighted by atomic mass is 16.2. The van der Waals surface area contributed by atoms with Gasteiger partial charge in [0.25, 0.3) is 0 Å². The first kappa shape index (κ1) is 9.53. The molecule has 2 N–H and O–H groups in total. The molecule has 0 fully saturated rings. The third-order valence-electron chi connectivity index (χ3n) is 2.79. The molecule has 1 unspecified atom stereocenters. The van der Waals surface area contributed by atoms with E-state index in [1.54, 1.807) is 0 Å². The van der Waals surface area contributed by atoms with Gasteiger partial charge >= 0.3 is 0 Å². The molecular formula is C12H16NO. The van der Waals surface area contributed by atoms with Crippen LogP contribution < -0.4 is 5.32 Å². The summed E-state index contributed by atoms with van der Waals surface area (Å²) in [6, 6.07) is 9.73. The molecule has 0 bridgehead atoms. The van der Waals surface area contributed by atoms with Crippen molar-refractivity contribution >= 4 is 5.69 Å². The molecule has 0 aromatic heterocycles. The van der Waals surface area contributed by atoms with Crippen LogP contribution in [0.15, 0.2) is 18.2 Å². The predicted molar refractivity (Wildman–Crippen MR) is 57.3 cm³/mol. The Bertz CT molecular complexity index is 298. The van der Waals surface area contributed by atoms with Crippen molar-refractivity contribution in [1.82, 2.24) is 0 Å². The summed E-state index contributed by atoms with van der Waals surface area (Å²) < 4.78 is 0. The number of rotatable bonds is 3. The van der Waals surface area contributed by atoms with Crippen molar-refractivity contribution in [2.75, 3.05) is 11.9 Å². The molecule has 1 aliphatic rings. The SMILES string of the molecule is OCCCC1CCc2cc[c]cc2N1. The number of hydrogen-bond donors (Lipinski definition) is 2. The normalized spacial score (nSPS) is 19.9. The molecule has 1 aromatic rings. The summed E-state index contributed by atoms with van der Waals surface area (Å²) in [4.78, 5) is 0. The van der Waals surface area contributed by atoms with Gasteiger partial charge in [-0.25, -0.2) is 0 Å². The van der Waals surface area contributed by atoms with Crippen LogP contribution in [0.3, 0.4) is 0 Å². The Hall–Kier alpha value is -1.02. The van der Waals surface area contributed by atoms with E-state index in [-0.39, 0.29) is 0 Å². The predicted octanol–water partition coefficient (Wildman–Crippen LogP) is 1.99. The Balaban J connectivity index is 1.99. The second-order valence-corrected chi connectivity index (χ2v) is 3.83. The van der Waals surface area contributed by atoms with Gasteiger partial charge in [-0.3, -0.25) is 0 Å². The van der Waals surface area contributed by atoms with Crippen molar-refractivity contribution in [3.8, 4) is 0 Å². The van der Waals surface area contributed by atoms with Gasteiger partial charge in [0, 0.05) is 18.3 Å². The summed E-state index contributed by atoms with van der Waals surface area (Å²) in [6.45, 7) is 0.298. The molecule has 1 atom stereocenters. The van der Waals surface area contributed by atoms with E-state index >= 15 is 0 Å². The van der Waals surface area contributed by atoms with Crippen LogP contribution in [0.2, 0.25) is 0 Å². The molecule has 1 radical (unpaired) electrons. The van der Waals surface area contributed by atoms with Crippen molar-refractivity contribution < 1.29 is 5.11 Å². The Morgan fingerprint density at radius 3 is 3.36 bits per heavy atom. The van der Waals surface area contributed by atoms with Crippen molar-refractivity contribution in [2.24, 2.45) is 0 Å². The standard InChI is InChI=1S/C12H16NO/c14-9-3-5-11-8-7-10-4-1-2-6-12(10)13-11/h1,4,6,11,13-14H,3,5,7-9H2. The van der Waals surface area contributed by atoms with Crippen molar-refractivity contribution in [3.63, 3.8) is 0 Å². The molecule has 2 heteroatoms. The van der Waals surface area contributed by atoms with Crippen LogP contribution in [0.5, 0.6) is 0 Å². The lowest BCUT2D eigenvalue weighted by Crippen LogP contribution is -2.25. The molecule has 0 saturated carbocycles. The molecule has 2 nitrogen and oxygen atoms in total. The minimum atomic E-state index is 0.298. The van der Waals surface area contributed by atoms with Gasteiger partial charge in [0.15, 0.2) is 0 Å². The molecular weight excluding hydrogens is 174 g/mol. The van der Waals surface area contributed by atoms with E-state index in [0.717, 1.165) is 19.3 Å². The number of fused-ring (bicyclic) bond motifs is 1. The summed E-state index contributed by atoms with van der Waals surface area (Å²) in [6.07, 6.45) is 4.28. The minimum absolute atomic E-state index is 0.298. The summed E-state index contributed by atoms with van der Waals surface area (Å²) >= 11 is 0. The number of aliphatic hydroxyl groups is 1. The number of aliphatic hydroxyl groups excluding tert-OH is 1. The monoisotopic (exact) mass is 190 g/mol. The smallest absolute Gasteiger partial charge is 0.0431 e. The lowest BCUT2D eigenvalue weighted by Gasteiger charge is -2.26. The summed E-state index contributed by atoms with van der Waals surface area (Å²) in [5.41, 5.74) is 2.62. The topological polar surface area (TPSA) is 32.3 Å². The second kappa shape index (κ2) is 4.47. The number of nitrogens with one attached hydrogen (secondary N) is 1. The van der Waals surface area contributed by atoms with E-state index in [1.807, 2.05) is 12.1 Å².